The van der Waals surface area contributed by atoms with Crippen molar-refractivity contribution in [1.29, 1.82) is 0 Å². The summed E-state index contributed by atoms with van der Waals surface area (Å²) in [7, 11) is 0. The minimum atomic E-state index is -0.296. The first-order valence-corrected chi connectivity index (χ1v) is 7.26. The Kier molecular flexibility index (Phi) is 5.18. The van der Waals surface area contributed by atoms with Crippen LogP contribution < -0.4 is 4.74 Å². The summed E-state index contributed by atoms with van der Waals surface area (Å²) in [5.74, 6) is 1.07. The molecule has 0 aliphatic carbocycles. The molecule has 2 aromatic carbocycles. The zero-order valence-electron chi connectivity index (χ0n) is 11.1. The first-order valence-electron chi connectivity index (χ1n) is 6.27. The summed E-state index contributed by atoms with van der Waals surface area (Å²) in [6.45, 7) is 2.05. The molecule has 0 heterocycles. The van der Waals surface area contributed by atoms with Crippen LogP contribution in [0.15, 0.2) is 53.4 Å². The molecule has 0 aliphatic heterocycles. The minimum absolute atomic E-state index is 0.0657. The summed E-state index contributed by atoms with van der Waals surface area (Å²) in [5, 5.41) is 0. The van der Waals surface area contributed by atoms with Crippen LogP contribution in [0.5, 0.6) is 5.75 Å². The normalized spacial score (nSPS) is 10.3. The van der Waals surface area contributed by atoms with Gasteiger partial charge >= 0.3 is 0 Å². The Morgan fingerprint density at radius 3 is 2.60 bits per heavy atom. The highest BCUT2D eigenvalue weighted by molar-refractivity contribution is 7.99. The van der Waals surface area contributed by atoms with Crippen LogP contribution in [-0.4, -0.2) is 18.1 Å². The Hall–Kier alpha value is -1.81. The predicted octanol–water partition coefficient (Wildman–Crippen LogP) is 4.20. The highest BCUT2D eigenvalue weighted by Crippen LogP contribution is 2.19. The maximum absolute atomic E-state index is 12.9. The standard InChI is InChI=1S/C16H15FO2S/c1-12(18)13-5-7-16(8-6-13)20-10-9-19-15-4-2-3-14(17)11-15/h2-8,11H,9-10H2,1H3. The fourth-order valence-electron chi connectivity index (χ4n) is 1.66. The molecule has 0 aliphatic rings. The summed E-state index contributed by atoms with van der Waals surface area (Å²) < 4.78 is 18.4. The van der Waals surface area contributed by atoms with Crippen molar-refractivity contribution in [2.24, 2.45) is 0 Å². The molecule has 0 fully saturated rings. The Bertz CT molecular complexity index is 581. The molecule has 2 aromatic rings. The van der Waals surface area contributed by atoms with Gasteiger partial charge in [0.25, 0.3) is 0 Å². The van der Waals surface area contributed by atoms with Crippen LogP contribution in [0.3, 0.4) is 0 Å². The van der Waals surface area contributed by atoms with Crippen LogP contribution in [0.1, 0.15) is 17.3 Å². The number of Topliss-reactive ketones (excluding diaryl/α,β-unsaturated/α-hetero) is 1. The lowest BCUT2D eigenvalue weighted by molar-refractivity contribution is 0.101. The first-order chi connectivity index (χ1) is 9.65. The van der Waals surface area contributed by atoms with Gasteiger partial charge in [-0.15, -0.1) is 11.8 Å². The average molecular weight is 290 g/mol. The number of hydrogen-bond acceptors (Lipinski definition) is 3. The molecule has 2 rings (SSSR count). The summed E-state index contributed by atoms with van der Waals surface area (Å²) >= 11 is 1.63. The highest BCUT2D eigenvalue weighted by atomic mass is 32.2. The van der Waals surface area contributed by atoms with Gasteiger partial charge < -0.3 is 4.74 Å². The van der Waals surface area contributed by atoms with Gasteiger partial charge in [-0.3, -0.25) is 4.79 Å². The van der Waals surface area contributed by atoms with Gasteiger partial charge in [-0.1, -0.05) is 18.2 Å². The predicted molar refractivity (Wildman–Crippen MR) is 79.1 cm³/mol. The number of halogens is 1. The quantitative estimate of drug-likeness (QED) is 0.453. The third kappa shape index (κ3) is 4.38. The summed E-state index contributed by atoms with van der Waals surface area (Å²) in [5.41, 5.74) is 0.713. The smallest absolute Gasteiger partial charge is 0.159 e. The lowest BCUT2D eigenvalue weighted by Gasteiger charge is -2.06. The molecule has 2 nitrogen and oxygen atoms in total. The van der Waals surface area contributed by atoms with E-state index in [1.807, 2.05) is 24.3 Å². The molecule has 0 atom stereocenters. The number of thioether (sulfide) groups is 1. The van der Waals surface area contributed by atoms with Crippen molar-refractivity contribution >= 4 is 17.5 Å². The fourth-order valence-corrected chi connectivity index (χ4v) is 2.39. The largest absolute Gasteiger partial charge is 0.493 e. The lowest BCUT2D eigenvalue weighted by Crippen LogP contribution is -2.00. The van der Waals surface area contributed by atoms with Crippen molar-refractivity contribution in [3.05, 3.63) is 59.9 Å². The van der Waals surface area contributed by atoms with Gasteiger partial charge in [0.2, 0.25) is 0 Å². The van der Waals surface area contributed by atoms with Crippen LogP contribution in [0.4, 0.5) is 4.39 Å². The average Bonchev–Trinajstić information content (AvgIpc) is 2.44. The molecule has 0 saturated heterocycles. The minimum Gasteiger partial charge on any atom is -0.493 e. The Balaban J connectivity index is 1.77. The van der Waals surface area contributed by atoms with Crippen LogP contribution in [0, 0.1) is 5.82 Å². The van der Waals surface area contributed by atoms with Crippen molar-refractivity contribution in [3.63, 3.8) is 0 Å². The summed E-state index contributed by atoms with van der Waals surface area (Å²) in [6.07, 6.45) is 0. The number of carbonyl (C=O) groups excluding carboxylic acids is 1. The van der Waals surface area contributed by atoms with Crippen molar-refractivity contribution in [2.75, 3.05) is 12.4 Å². The van der Waals surface area contributed by atoms with Crippen LogP contribution >= 0.6 is 11.8 Å². The van der Waals surface area contributed by atoms with E-state index in [-0.39, 0.29) is 11.6 Å². The van der Waals surface area contributed by atoms with Crippen molar-refractivity contribution in [2.45, 2.75) is 11.8 Å². The van der Waals surface area contributed by atoms with Crippen LogP contribution in [0.25, 0.3) is 0 Å². The second-order valence-corrected chi connectivity index (χ2v) is 5.40. The molecule has 20 heavy (non-hydrogen) atoms. The van der Waals surface area contributed by atoms with Gasteiger partial charge in [0, 0.05) is 22.3 Å². The molecular weight excluding hydrogens is 275 g/mol. The van der Waals surface area contributed by atoms with E-state index >= 15 is 0 Å². The molecule has 0 aromatic heterocycles. The lowest BCUT2D eigenvalue weighted by atomic mass is 10.2. The third-order valence-electron chi connectivity index (χ3n) is 2.68. The number of benzene rings is 2. The number of ether oxygens (including phenoxy) is 1. The molecule has 0 spiro atoms. The van der Waals surface area contributed by atoms with Crippen LogP contribution in [0.2, 0.25) is 0 Å². The molecular formula is C16H15FO2S. The molecule has 0 N–H and O–H groups in total. The Morgan fingerprint density at radius 2 is 1.95 bits per heavy atom. The van der Waals surface area contributed by atoms with Gasteiger partial charge in [-0.25, -0.2) is 4.39 Å². The molecule has 0 radical (unpaired) electrons. The topological polar surface area (TPSA) is 26.3 Å². The second kappa shape index (κ2) is 7.10. The van der Waals surface area contributed by atoms with Gasteiger partial charge in [-0.05, 0) is 31.2 Å². The maximum atomic E-state index is 12.9. The van der Waals surface area contributed by atoms with Gasteiger partial charge in [0.1, 0.15) is 11.6 Å². The molecule has 104 valence electrons. The number of rotatable bonds is 6. The molecule has 0 bridgehead atoms. The van der Waals surface area contributed by atoms with E-state index < -0.39 is 0 Å². The second-order valence-electron chi connectivity index (χ2n) is 4.23. The third-order valence-corrected chi connectivity index (χ3v) is 3.65. The zero-order valence-corrected chi connectivity index (χ0v) is 12.0. The van der Waals surface area contributed by atoms with Crippen LogP contribution in [-0.2, 0) is 0 Å². The van der Waals surface area contributed by atoms with Crippen molar-refractivity contribution in [3.8, 4) is 5.75 Å². The van der Waals surface area contributed by atoms with Gasteiger partial charge in [0.05, 0.1) is 6.61 Å². The van der Waals surface area contributed by atoms with Gasteiger partial charge in [0.15, 0.2) is 5.78 Å². The number of ketones is 1. The van der Waals surface area contributed by atoms with E-state index in [1.165, 1.54) is 12.1 Å². The Morgan fingerprint density at radius 1 is 1.20 bits per heavy atom. The van der Waals surface area contributed by atoms with Crippen molar-refractivity contribution in [1.82, 2.24) is 0 Å². The monoisotopic (exact) mass is 290 g/mol. The summed E-state index contributed by atoms with van der Waals surface area (Å²) in [4.78, 5) is 12.2. The van der Waals surface area contributed by atoms with Gasteiger partial charge in [-0.2, -0.15) is 0 Å². The zero-order chi connectivity index (χ0) is 14.4. The summed E-state index contributed by atoms with van der Waals surface area (Å²) in [6, 6.07) is 13.6. The van der Waals surface area contributed by atoms with E-state index in [9.17, 15) is 9.18 Å². The maximum Gasteiger partial charge on any atom is 0.159 e. The Labute approximate surface area is 122 Å². The first kappa shape index (κ1) is 14.6. The SMILES string of the molecule is CC(=O)c1ccc(SCCOc2cccc(F)c2)cc1. The van der Waals surface area contributed by atoms with Crippen molar-refractivity contribution < 1.29 is 13.9 Å². The highest BCUT2D eigenvalue weighted by Gasteiger charge is 2.00. The van der Waals surface area contributed by atoms with E-state index in [2.05, 4.69) is 0 Å². The van der Waals surface area contributed by atoms with E-state index in [0.717, 1.165) is 10.6 Å². The fraction of sp³-hybridized carbons (Fsp3) is 0.188. The molecule has 0 saturated carbocycles. The molecule has 0 amide bonds. The number of carbonyl (C=O) groups is 1. The van der Waals surface area contributed by atoms with E-state index in [4.69, 9.17) is 4.74 Å². The molecule has 0 unspecified atom stereocenters. The molecule has 4 heteroatoms. The number of hydrogen-bond donors (Lipinski definition) is 0. The van der Waals surface area contributed by atoms with E-state index in [1.54, 1.807) is 30.8 Å². The van der Waals surface area contributed by atoms with E-state index in [0.29, 0.717) is 17.9 Å².